The van der Waals surface area contributed by atoms with E-state index in [4.69, 9.17) is 10.5 Å². The largest absolute Gasteiger partial charge is 0.381 e. The minimum absolute atomic E-state index is 0.0262. The molecule has 0 unspecified atom stereocenters. The van der Waals surface area contributed by atoms with Crippen LogP contribution in [-0.2, 0) is 4.74 Å². The fraction of sp³-hybridized carbons (Fsp3) is 1.00. The van der Waals surface area contributed by atoms with E-state index in [-0.39, 0.29) is 5.54 Å². The van der Waals surface area contributed by atoms with Crippen LogP contribution in [-0.4, -0.2) is 43.3 Å². The number of nitrogens with two attached hydrogens (primary N) is 1. The van der Waals surface area contributed by atoms with Gasteiger partial charge in [-0.15, -0.1) is 0 Å². The van der Waals surface area contributed by atoms with Gasteiger partial charge in [0.1, 0.15) is 0 Å². The molecule has 3 heteroatoms. The van der Waals surface area contributed by atoms with E-state index in [9.17, 15) is 0 Å². The Kier molecular flexibility index (Phi) is 3.65. The highest BCUT2D eigenvalue weighted by molar-refractivity contribution is 4.94. The van der Waals surface area contributed by atoms with E-state index in [0.717, 1.165) is 38.0 Å². The molecule has 3 nitrogen and oxygen atoms in total. The monoisotopic (exact) mass is 252 g/mol. The number of piperidine rings is 1. The summed E-state index contributed by atoms with van der Waals surface area (Å²) < 4.78 is 5.43. The zero-order valence-electron chi connectivity index (χ0n) is 11.6. The zero-order chi connectivity index (χ0) is 12.5. The molecule has 3 rings (SSSR count). The zero-order valence-corrected chi connectivity index (χ0v) is 11.6. The lowest BCUT2D eigenvalue weighted by molar-refractivity contribution is 0.0237. The normalized spacial score (nSPS) is 31.8. The summed E-state index contributed by atoms with van der Waals surface area (Å²) in [7, 11) is 0. The lowest BCUT2D eigenvalue weighted by Gasteiger charge is -2.44. The molecule has 2 N–H and O–H groups in total. The number of nitrogens with zero attached hydrogens (tertiary/aromatic N) is 1. The van der Waals surface area contributed by atoms with Crippen LogP contribution in [0.5, 0.6) is 0 Å². The quantitative estimate of drug-likeness (QED) is 0.818. The predicted octanol–water partition coefficient (Wildman–Crippen LogP) is 2.15. The lowest BCUT2D eigenvalue weighted by atomic mass is 9.76. The van der Waals surface area contributed by atoms with Crippen LogP contribution in [0.15, 0.2) is 0 Å². The van der Waals surface area contributed by atoms with Gasteiger partial charge in [-0.25, -0.2) is 0 Å². The Hall–Kier alpha value is -0.120. The van der Waals surface area contributed by atoms with Gasteiger partial charge in [-0.05, 0) is 57.0 Å². The molecule has 2 heterocycles. The van der Waals surface area contributed by atoms with Crippen molar-refractivity contribution >= 4 is 0 Å². The second kappa shape index (κ2) is 5.10. The molecule has 104 valence electrons. The minimum Gasteiger partial charge on any atom is -0.381 e. The number of ether oxygens (including phenoxy) is 1. The van der Waals surface area contributed by atoms with Gasteiger partial charge >= 0.3 is 0 Å². The van der Waals surface area contributed by atoms with Crippen LogP contribution >= 0.6 is 0 Å². The first kappa shape index (κ1) is 12.9. The van der Waals surface area contributed by atoms with E-state index in [1.54, 1.807) is 0 Å². The molecule has 0 bridgehead atoms. The van der Waals surface area contributed by atoms with Gasteiger partial charge in [0.15, 0.2) is 0 Å². The number of hydrogen-bond acceptors (Lipinski definition) is 3. The summed E-state index contributed by atoms with van der Waals surface area (Å²) in [5.41, 5.74) is 7.27. The fourth-order valence-corrected chi connectivity index (χ4v) is 4.19. The first-order valence-electron chi connectivity index (χ1n) is 7.79. The Bertz CT molecular complexity index is 270. The number of hydrogen-bond donors (Lipinski definition) is 1. The van der Waals surface area contributed by atoms with Crippen molar-refractivity contribution in [3.05, 3.63) is 0 Å². The first-order chi connectivity index (χ1) is 8.70. The van der Waals surface area contributed by atoms with Gasteiger partial charge in [0, 0.05) is 25.3 Å². The maximum absolute atomic E-state index is 6.51. The van der Waals surface area contributed by atoms with Crippen LogP contribution in [0.3, 0.4) is 0 Å². The second-order valence-electron chi connectivity index (χ2n) is 6.96. The SMILES string of the molecule is NC1(CN2CCC3(CCCC3)CC2)CCOCC1. The van der Waals surface area contributed by atoms with E-state index in [2.05, 4.69) is 4.90 Å². The van der Waals surface area contributed by atoms with Crippen LogP contribution in [0.1, 0.15) is 51.4 Å². The summed E-state index contributed by atoms with van der Waals surface area (Å²) in [5, 5.41) is 0. The molecule has 3 fully saturated rings. The molecule has 0 radical (unpaired) electrons. The summed E-state index contributed by atoms with van der Waals surface area (Å²) in [4.78, 5) is 2.62. The molecule has 2 aliphatic heterocycles. The average Bonchev–Trinajstić information content (AvgIpc) is 2.82. The number of rotatable bonds is 2. The molecule has 0 aromatic rings. The topological polar surface area (TPSA) is 38.5 Å². The highest BCUT2D eigenvalue weighted by atomic mass is 16.5. The van der Waals surface area contributed by atoms with Crippen molar-refractivity contribution < 1.29 is 4.74 Å². The molecule has 1 aliphatic carbocycles. The van der Waals surface area contributed by atoms with E-state index < -0.39 is 0 Å². The minimum atomic E-state index is 0.0262. The molecule has 0 aromatic heterocycles. The smallest absolute Gasteiger partial charge is 0.0484 e. The average molecular weight is 252 g/mol. The first-order valence-corrected chi connectivity index (χ1v) is 7.79. The predicted molar refractivity (Wildman–Crippen MR) is 73.5 cm³/mol. The fourth-order valence-electron chi connectivity index (χ4n) is 4.19. The summed E-state index contributed by atoms with van der Waals surface area (Å²) in [6.45, 7) is 5.36. The highest BCUT2D eigenvalue weighted by Crippen LogP contribution is 2.46. The van der Waals surface area contributed by atoms with Gasteiger partial charge in [-0.2, -0.15) is 0 Å². The van der Waals surface area contributed by atoms with Crippen molar-refractivity contribution in [2.24, 2.45) is 11.1 Å². The van der Waals surface area contributed by atoms with Crippen molar-refractivity contribution in [2.45, 2.75) is 56.9 Å². The van der Waals surface area contributed by atoms with Crippen LogP contribution in [0, 0.1) is 5.41 Å². The van der Waals surface area contributed by atoms with Crippen LogP contribution in [0.25, 0.3) is 0 Å². The van der Waals surface area contributed by atoms with E-state index in [0.29, 0.717) is 0 Å². The lowest BCUT2D eigenvalue weighted by Crippen LogP contribution is -2.55. The van der Waals surface area contributed by atoms with E-state index in [1.807, 2.05) is 0 Å². The Morgan fingerprint density at radius 2 is 1.50 bits per heavy atom. The van der Waals surface area contributed by atoms with Crippen LogP contribution in [0.4, 0.5) is 0 Å². The van der Waals surface area contributed by atoms with Crippen molar-refractivity contribution in [2.75, 3.05) is 32.8 Å². The molecule has 0 atom stereocenters. The summed E-state index contributed by atoms with van der Waals surface area (Å²) in [5.74, 6) is 0. The molecule has 1 spiro atoms. The molecular formula is C15H28N2O. The summed E-state index contributed by atoms with van der Waals surface area (Å²) >= 11 is 0. The second-order valence-corrected chi connectivity index (χ2v) is 6.96. The third-order valence-electron chi connectivity index (χ3n) is 5.61. The maximum Gasteiger partial charge on any atom is 0.0484 e. The molecule has 0 amide bonds. The maximum atomic E-state index is 6.51. The van der Waals surface area contributed by atoms with Gasteiger partial charge in [-0.1, -0.05) is 12.8 Å². The molecule has 2 saturated heterocycles. The van der Waals surface area contributed by atoms with Crippen LogP contribution < -0.4 is 5.73 Å². The van der Waals surface area contributed by atoms with Gasteiger partial charge < -0.3 is 15.4 Å². The number of likely N-dealkylation sites (tertiary alicyclic amines) is 1. The molecular weight excluding hydrogens is 224 g/mol. The molecule has 0 aromatic carbocycles. The molecule has 1 saturated carbocycles. The van der Waals surface area contributed by atoms with E-state index >= 15 is 0 Å². The van der Waals surface area contributed by atoms with Gasteiger partial charge in [-0.3, -0.25) is 0 Å². The van der Waals surface area contributed by atoms with Crippen molar-refractivity contribution in [1.29, 1.82) is 0 Å². The highest BCUT2D eigenvalue weighted by Gasteiger charge is 2.38. The van der Waals surface area contributed by atoms with E-state index in [1.165, 1.54) is 51.6 Å². The summed E-state index contributed by atoms with van der Waals surface area (Å²) in [6.07, 6.45) is 10.8. The summed E-state index contributed by atoms with van der Waals surface area (Å²) in [6, 6.07) is 0. The van der Waals surface area contributed by atoms with Gasteiger partial charge in [0.2, 0.25) is 0 Å². The van der Waals surface area contributed by atoms with Gasteiger partial charge in [0.05, 0.1) is 0 Å². The van der Waals surface area contributed by atoms with Crippen LogP contribution in [0.2, 0.25) is 0 Å². The van der Waals surface area contributed by atoms with Crippen molar-refractivity contribution in [3.63, 3.8) is 0 Å². The Balaban J connectivity index is 1.50. The third kappa shape index (κ3) is 2.73. The Morgan fingerprint density at radius 3 is 2.11 bits per heavy atom. The molecule has 18 heavy (non-hydrogen) atoms. The standard InChI is InChI=1S/C15H28N2O/c16-15(7-11-18-12-8-15)13-17-9-5-14(6-10-17)3-1-2-4-14/h1-13,16H2. The third-order valence-corrected chi connectivity index (χ3v) is 5.61. The van der Waals surface area contributed by atoms with Crippen molar-refractivity contribution in [3.8, 4) is 0 Å². The van der Waals surface area contributed by atoms with Crippen molar-refractivity contribution in [1.82, 2.24) is 4.90 Å². The Morgan fingerprint density at radius 1 is 0.889 bits per heavy atom. The van der Waals surface area contributed by atoms with Gasteiger partial charge in [0.25, 0.3) is 0 Å². The molecule has 3 aliphatic rings. The Labute approximate surface area is 111 Å².